The van der Waals surface area contributed by atoms with Crippen molar-refractivity contribution in [3.8, 4) is 6.26 Å². The predicted octanol–water partition coefficient (Wildman–Crippen LogP) is 2.00. The van der Waals surface area contributed by atoms with Gasteiger partial charge in [-0.2, -0.15) is 5.26 Å². The Morgan fingerprint density at radius 2 is 2.07 bits per heavy atom. The third kappa shape index (κ3) is 2.91. The number of nitrogens with zero attached hydrogens (tertiary/aromatic N) is 1. The molecule has 0 aliphatic carbocycles. The van der Waals surface area contributed by atoms with Crippen LogP contribution in [0.15, 0.2) is 0 Å². The summed E-state index contributed by atoms with van der Waals surface area (Å²) < 4.78 is 9.75. The van der Waals surface area contributed by atoms with Crippen LogP contribution in [0.4, 0.5) is 0 Å². The molecular weight excluding hydrogens is 182 g/mol. The lowest BCUT2D eigenvalue weighted by molar-refractivity contribution is -0.166. The van der Waals surface area contributed by atoms with Gasteiger partial charge in [0.2, 0.25) is 5.60 Å². The fourth-order valence-corrected chi connectivity index (χ4v) is 1.34. The average Bonchev–Trinajstić information content (AvgIpc) is 2.17. The number of hydrogen-bond donors (Lipinski definition) is 0. The minimum Gasteiger partial charge on any atom is -0.463 e. The van der Waals surface area contributed by atoms with Gasteiger partial charge in [-0.3, -0.25) is 0 Å². The third-order valence-corrected chi connectivity index (χ3v) is 2.11. The number of carbonyl (C=O) groups is 1. The van der Waals surface area contributed by atoms with Crippen LogP contribution >= 0.6 is 0 Å². The van der Waals surface area contributed by atoms with E-state index >= 15 is 0 Å². The molecule has 80 valence electrons. The summed E-state index contributed by atoms with van der Waals surface area (Å²) in [5.74, 6) is -0.439. The highest BCUT2D eigenvalue weighted by molar-refractivity contribution is 5.79. The lowest BCUT2D eigenvalue weighted by Crippen LogP contribution is -2.41. The summed E-state index contributed by atoms with van der Waals surface area (Å²) in [4.78, 5) is 11.6. The molecule has 0 radical (unpaired) electrons. The molecule has 1 atom stereocenters. The third-order valence-electron chi connectivity index (χ3n) is 2.11. The first kappa shape index (κ1) is 12.8. The van der Waals surface area contributed by atoms with Crippen LogP contribution in [-0.4, -0.2) is 18.2 Å². The molecule has 4 nitrogen and oxygen atoms in total. The van der Waals surface area contributed by atoms with Crippen molar-refractivity contribution in [1.82, 2.24) is 0 Å². The van der Waals surface area contributed by atoms with Crippen LogP contribution in [0.1, 0.15) is 40.0 Å². The Morgan fingerprint density at radius 3 is 2.43 bits per heavy atom. The van der Waals surface area contributed by atoms with Gasteiger partial charge in [-0.1, -0.05) is 20.3 Å². The van der Waals surface area contributed by atoms with E-state index in [0.717, 1.165) is 6.42 Å². The number of carbonyl (C=O) groups excluding carboxylic acids is 1. The maximum atomic E-state index is 11.6. The summed E-state index contributed by atoms with van der Waals surface area (Å²) in [6.45, 7) is 5.78. The zero-order chi connectivity index (χ0) is 11.0. The monoisotopic (exact) mass is 199 g/mol. The highest BCUT2D eigenvalue weighted by Crippen LogP contribution is 2.24. The molecule has 0 rings (SSSR count). The summed E-state index contributed by atoms with van der Waals surface area (Å²) in [5, 5.41) is 8.50. The van der Waals surface area contributed by atoms with Gasteiger partial charge >= 0.3 is 5.97 Å². The molecule has 0 aliphatic rings. The van der Waals surface area contributed by atoms with E-state index in [1.807, 2.05) is 13.8 Å². The first-order valence-corrected chi connectivity index (χ1v) is 4.91. The van der Waals surface area contributed by atoms with Gasteiger partial charge in [0.1, 0.15) is 0 Å². The van der Waals surface area contributed by atoms with E-state index in [9.17, 15) is 4.79 Å². The summed E-state index contributed by atoms with van der Waals surface area (Å²) in [6, 6.07) is 0. The second-order valence-corrected chi connectivity index (χ2v) is 3.01. The van der Waals surface area contributed by atoms with E-state index in [-0.39, 0.29) is 0 Å². The zero-order valence-corrected chi connectivity index (χ0v) is 9.00. The molecule has 0 N–H and O–H groups in total. The second-order valence-electron chi connectivity index (χ2n) is 3.01. The van der Waals surface area contributed by atoms with E-state index in [4.69, 9.17) is 14.7 Å². The Bertz CT molecular complexity index is 222. The number of hydrogen-bond acceptors (Lipinski definition) is 4. The molecular formula is C10H17NO3. The number of ether oxygens (including phenoxy) is 2. The Kier molecular flexibility index (Phi) is 5.70. The molecule has 0 aliphatic heterocycles. The molecule has 4 heteroatoms. The van der Waals surface area contributed by atoms with Crippen molar-refractivity contribution in [2.75, 3.05) is 6.61 Å². The molecule has 1 unspecified atom stereocenters. The number of esters is 1. The second kappa shape index (κ2) is 6.25. The van der Waals surface area contributed by atoms with Crippen molar-refractivity contribution >= 4 is 5.97 Å². The van der Waals surface area contributed by atoms with E-state index in [0.29, 0.717) is 19.4 Å². The van der Waals surface area contributed by atoms with Crippen LogP contribution in [-0.2, 0) is 14.3 Å². The van der Waals surface area contributed by atoms with E-state index in [1.165, 1.54) is 0 Å². The van der Waals surface area contributed by atoms with Crippen molar-refractivity contribution in [2.24, 2.45) is 0 Å². The lowest BCUT2D eigenvalue weighted by Gasteiger charge is -2.26. The van der Waals surface area contributed by atoms with Gasteiger partial charge in [0.05, 0.1) is 6.61 Å². The van der Waals surface area contributed by atoms with Gasteiger partial charge in [-0.15, -0.1) is 0 Å². The van der Waals surface area contributed by atoms with Gasteiger partial charge in [0, 0.05) is 0 Å². The molecule has 0 heterocycles. The van der Waals surface area contributed by atoms with Crippen LogP contribution in [0.3, 0.4) is 0 Å². The predicted molar refractivity (Wildman–Crippen MR) is 51.3 cm³/mol. The largest absolute Gasteiger partial charge is 0.463 e. The van der Waals surface area contributed by atoms with Crippen LogP contribution in [0.2, 0.25) is 0 Å². The fraction of sp³-hybridized carbons (Fsp3) is 0.800. The average molecular weight is 199 g/mol. The van der Waals surface area contributed by atoms with Crippen molar-refractivity contribution in [1.29, 1.82) is 5.26 Å². The Hall–Kier alpha value is -1.24. The molecule has 0 aromatic rings. The van der Waals surface area contributed by atoms with E-state index in [1.54, 1.807) is 13.2 Å². The zero-order valence-electron chi connectivity index (χ0n) is 9.00. The van der Waals surface area contributed by atoms with Gasteiger partial charge in [0.15, 0.2) is 0 Å². The standard InChI is InChI=1S/C10H17NO3/c1-4-7-10(5-2,14-8-11)9(12)13-6-3/h4-7H2,1-3H3. The van der Waals surface area contributed by atoms with Gasteiger partial charge < -0.3 is 9.47 Å². The highest BCUT2D eigenvalue weighted by Gasteiger charge is 2.40. The maximum Gasteiger partial charge on any atom is 0.351 e. The quantitative estimate of drug-likeness (QED) is 0.485. The summed E-state index contributed by atoms with van der Waals surface area (Å²) in [6.07, 6.45) is 3.32. The fourth-order valence-electron chi connectivity index (χ4n) is 1.34. The smallest absolute Gasteiger partial charge is 0.351 e. The van der Waals surface area contributed by atoms with Crippen molar-refractivity contribution in [3.05, 3.63) is 0 Å². The van der Waals surface area contributed by atoms with Crippen LogP contribution in [0.25, 0.3) is 0 Å². The topological polar surface area (TPSA) is 59.3 Å². The van der Waals surface area contributed by atoms with Crippen molar-refractivity contribution < 1.29 is 14.3 Å². The van der Waals surface area contributed by atoms with Crippen LogP contribution in [0.5, 0.6) is 0 Å². The lowest BCUT2D eigenvalue weighted by atomic mass is 9.95. The summed E-state index contributed by atoms with van der Waals surface area (Å²) in [7, 11) is 0. The molecule has 0 saturated carbocycles. The molecule has 0 amide bonds. The number of rotatable bonds is 6. The minimum absolute atomic E-state index is 0.305. The number of nitriles is 1. The summed E-state index contributed by atoms with van der Waals surface area (Å²) >= 11 is 0. The minimum atomic E-state index is -1.07. The Morgan fingerprint density at radius 1 is 1.43 bits per heavy atom. The molecule has 0 bridgehead atoms. The van der Waals surface area contributed by atoms with E-state index in [2.05, 4.69) is 0 Å². The highest BCUT2D eigenvalue weighted by atomic mass is 16.6. The van der Waals surface area contributed by atoms with E-state index < -0.39 is 11.6 Å². The maximum absolute atomic E-state index is 11.6. The summed E-state index contributed by atoms with van der Waals surface area (Å²) in [5.41, 5.74) is -1.07. The SMILES string of the molecule is CCCC(CC)(OC#N)C(=O)OCC. The molecule has 0 saturated heterocycles. The van der Waals surface area contributed by atoms with Crippen molar-refractivity contribution in [2.45, 2.75) is 45.6 Å². The van der Waals surface area contributed by atoms with Gasteiger partial charge in [-0.25, -0.2) is 4.79 Å². The first-order valence-electron chi connectivity index (χ1n) is 4.91. The molecule has 0 fully saturated rings. The van der Waals surface area contributed by atoms with Crippen LogP contribution in [0, 0.1) is 11.5 Å². The molecule has 0 spiro atoms. The molecule has 0 aromatic carbocycles. The van der Waals surface area contributed by atoms with Crippen molar-refractivity contribution in [3.63, 3.8) is 0 Å². The first-order chi connectivity index (χ1) is 6.66. The van der Waals surface area contributed by atoms with Gasteiger partial charge in [0.25, 0.3) is 6.26 Å². The Labute approximate surface area is 84.8 Å². The van der Waals surface area contributed by atoms with Crippen LogP contribution < -0.4 is 0 Å². The Balaban J connectivity index is 4.64. The molecule has 0 aromatic heterocycles. The normalized spacial score (nSPS) is 13.9. The van der Waals surface area contributed by atoms with Gasteiger partial charge in [-0.05, 0) is 19.8 Å². The molecule has 14 heavy (non-hydrogen) atoms.